The van der Waals surface area contributed by atoms with Crippen LogP contribution >= 0.6 is 0 Å². The summed E-state index contributed by atoms with van der Waals surface area (Å²) >= 11 is 0. The van der Waals surface area contributed by atoms with Gasteiger partial charge in [-0.15, -0.1) is 0 Å². The van der Waals surface area contributed by atoms with Gasteiger partial charge in [0.25, 0.3) is 0 Å². The topological polar surface area (TPSA) is 44.7 Å². The third kappa shape index (κ3) is 5.78. The maximum atomic E-state index is 5.85. The summed E-state index contributed by atoms with van der Waals surface area (Å²) in [5.41, 5.74) is 2.40. The second-order valence-electron chi connectivity index (χ2n) is 9.64. The molecule has 7 heteroatoms. The maximum Gasteiger partial charge on any atom is 0.146 e. The fourth-order valence-electron chi connectivity index (χ4n) is 4.26. The van der Waals surface area contributed by atoms with Gasteiger partial charge in [0.05, 0.1) is 34.3 Å². The Balaban J connectivity index is 2.48. The van der Waals surface area contributed by atoms with Gasteiger partial charge in [-0.1, -0.05) is 57.5 Å². The molecule has 0 amide bonds. The van der Waals surface area contributed by atoms with E-state index >= 15 is 0 Å². The summed E-state index contributed by atoms with van der Waals surface area (Å²) in [4.78, 5) is 0. The molecule has 0 fully saturated rings. The maximum absolute atomic E-state index is 5.85. The molecular formula is C21H38N2O3Si2. The second-order valence-corrected chi connectivity index (χ2v) is 20.8. The van der Waals surface area contributed by atoms with Crippen molar-refractivity contribution in [3.05, 3.63) is 36.0 Å². The zero-order valence-corrected chi connectivity index (χ0v) is 20.8. The van der Waals surface area contributed by atoms with E-state index in [0.717, 1.165) is 0 Å². The van der Waals surface area contributed by atoms with Crippen LogP contribution in [0.5, 0.6) is 0 Å². The number of fused-ring (bicyclic) bond motifs is 1. The standard InChI is InChI=1S/C21H38N2O3Si2/c1-24-15-23-19-12-10-9-11-17(19)13-20(23)18(14-26-16-25-2)22-21(27(3,4)5)28(6,7)8/h9-13,18,21-22H,14-16H2,1-8H3. The van der Waals surface area contributed by atoms with Crippen molar-refractivity contribution in [2.75, 3.05) is 27.6 Å². The Hall–Kier alpha value is -0.966. The number of hydrogen-bond donors (Lipinski definition) is 1. The fourth-order valence-corrected chi connectivity index (χ4v) is 16.1. The van der Waals surface area contributed by atoms with E-state index in [0.29, 0.717) is 25.4 Å². The number of rotatable bonds is 11. The van der Waals surface area contributed by atoms with Crippen LogP contribution in [0.15, 0.2) is 30.3 Å². The second kappa shape index (κ2) is 9.69. The third-order valence-corrected chi connectivity index (χ3v) is 14.0. The van der Waals surface area contributed by atoms with Gasteiger partial charge in [-0.25, -0.2) is 0 Å². The molecule has 0 spiro atoms. The number of ether oxygens (including phenoxy) is 3. The lowest BCUT2D eigenvalue weighted by Gasteiger charge is -2.41. The molecule has 2 aromatic rings. The predicted octanol–water partition coefficient (Wildman–Crippen LogP) is 4.62. The van der Waals surface area contributed by atoms with Crippen molar-refractivity contribution in [2.45, 2.75) is 57.3 Å². The Kier molecular flexibility index (Phi) is 8.07. The molecule has 0 aliphatic rings. The molecule has 1 heterocycles. The van der Waals surface area contributed by atoms with Crippen LogP contribution in [0.1, 0.15) is 11.7 Å². The molecule has 1 unspecified atom stereocenters. The van der Waals surface area contributed by atoms with Gasteiger partial charge in [0.2, 0.25) is 0 Å². The molecule has 0 saturated carbocycles. The minimum absolute atomic E-state index is 0.0844. The van der Waals surface area contributed by atoms with Crippen molar-refractivity contribution in [1.29, 1.82) is 0 Å². The van der Waals surface area contributed by atoms with E-state index in [1.165, 1.54) is 16.6 Å². The van der Waals surface area contributed by atoms with Crippen molar-refractivity contribution in [3.63, 3.8) is 0 Å². The van der Waals surface area contributed by atoms with Crippen molar-refractivity contribution in [2.24, 2.45) is 0 Å². The summed E-state index contributed by atoms with van der Waals surface area (Å²) in [6, 6.07) is 10.8. The molecule has 0 aliphatic carbocycles. The molecular weight excluding hydrogens is 384 g/mol. The van der Waals surface area contributed by atoms with Gasteiger partial charge in [-0.05, 0) is 22.8 Å². The quantitative estimate of drug-likeness (QED) is 0.326. The lowest BCUT2D eigenvalue weighted by molar-refractivity contribution is -0.0390. The molecule has 158 valence electrons. The van der Waals surface area contributed by atoms with Crippen LogP contribution in [-0.4, -0.2) is 53.6 Å². The van der Waals surface area contributed by atoms with E-state index < -0.39 is 16.1 Å². The summed E-state index contributed by atoms with van der Waals surface area (Å²) in [5.74, 6) is 0. The van der Waals surface area contributed by atoms with E-state index in [9.17, 15) is 0 Å². The summed E-state index contributed by atoms with van der Waals surface area (Å²) in [5, 5.41) is 5.82. The lowest BCUT2D eigenvalue weighted by atomic mass is 10.2. The van der Waals surface area contributed by atoms with Crippen LogP contribution < -0.4 is 5.32 Å². The Labute approximate surface area is 172 Å². The molecule has 1 atom stereocenters. The highest BCUT2D eigenvalue weighted by molar-refractivity contribution is 6.96. The van der Waals surface area contributed by atoms with E-state index in [2.05, 4.69) is 79.5 Å². The van der Waals surface area contributed by atoms with Crippen molar-refractivity contribution in [3.8, 4) is 0 Å². The van der Waals surface area contributed by atoms with Crippen LogP contribution in [0.2, 0.25) is 39.3 Å². The summed E-state index contributed by atoms with van der Waals surface area (Å²) in [7, 11) is 0.576. The van der Waals surface area contributed by atoms with E-state index in [1.807, 2.05) is 0 Å². The number of hydrogen-bond acceptors (Lipinski definition) is 4. The number of para-hydroxylation sites is 1. The van der Waals surface area contributed by atoms with Crippen LogP contribution in [0, 0.1) is 0 Å². The van der Waals surface area contributed by atoms with Crippen molar-refractivity contribution >= 4 is 27.1 Å². The number of nitrogens with zero attached hydrogens (tertiary/aromatic N) is 1. The fraction of sp³-hybridized carbons (Fsp3) is 0.619. The average molecular weight is 423 g/mol. The van der Waals surface area contributed by atoms with Gasteiger partial charge < -0.3 is 24.1 Å². The summed E-state index contributed by atoms with van der Waals surface area (Å²) in [6.07, 6.45) is 0. The molecule has 1 N–H and O–H groups in total. The molecule has 0 radical (unpaired) electrons. The largest absolute Gasteiger partial charge is 0.364 e. The van der Waals surface area contributed by atoms with E-state index in [4.69, 9.17) is 14.2 Å². The van der Waals surface area contributed by atoms with Crippen molar-refractivity contribution in [1.82, 2.24) is 9.88 Å². The van der Waals surface area contributed by atoms with E-state index in [-0.39, 0.29) is 6.04 Å². The number of methoxy groups -OCH3 is 2. The molecule has 2 rings (SSSR count). The van der Waals surface area contributed by atoms with Gasteiger partial charge in [0.15, 0.2) is 0 Å². The van der Waals surface area contributed by atoms with Gasteiger partial charge in [-0.2, -0.15) is 0 Å². The first-order valence-electron chi connectivity index (χ1n) is 9.99. The lowest BCUT2D eigenvalue weighted by Crippen LogP contribution is -2.63. The predicted molar refractivity (Wildman–Crippen MR) is 123 cm³/mol. The molecule has 1 aromatic carbocycles. The smallest absolute Gasteiger partial charge is 0.146 e. The highest BCUT2D eigenvalue weighted by Crippen LogP contribution is 2.28. The first-order chi connectivity index (χ1) is 13.1. The Morgan fingerprint density at radius 3 is 2.18 bits per heavy atom. The normalized spacial score (nSPS) is 14.2. The zero-order valence-electron chi connectivity index (χ0n) is 18.8. The number of aromatic nitrogens is 1. The number of nitrogens with one attached hydrogen (secondary N) is 1. The monoisotopic (exact) mass is 422 g/mol. The summed E-state index contributed by atoms with van der Waals surface area (Å²) < 4.78 is 18.8. The third-order valence-electron chi connectivity index (χ3n) is 5.04. The highest BCUT2D eigenvalue weighted by atomic mass is 28.4. The summed E-state index contributed by atoms with van der Waals surface area (Å²) in [6.45, 7) is 16.1. The molecule has 1 aromatic heterocycles. The van der Waals surface area contributed by atoms with Gasteiger partial charge in [-0.3, -0.25) is 0 Å². The van der Waals surface area contributed by atoms with Crippen LogP contribution in [0.4, 0.5) is 0 Å². The Morgan fingerprint density at radius 2 is 1.61 bits per heavy atom. The molecule has 5 nitrogen and oxygen atoms in total. The van der Waals surface area contributed by atoms with Crippen molar-refractivity contribution < 1.29 is 14.2 Å². The first kappa shape index (κ1) is 23.3. The molecule has 0 saturated heterocycles. The first-order valence-corrected chi connectivity index (χ1v) is 17.1. The zero-order chi connectivity index (χ0) is 20.9. The van der Waals surface area contributed by atoms with Crippen LogP contribution in [0.25, 0.3) is 10.9 Å². The highest BCUT2D eigenvalue weighted by Gasteiger charge is 2.39. The SMILES string of the molecule is COCOCC(NC([Si](C)(C)C)[Si](C)(C)C)c1cc2ccccc2n1COC. The Bertz CT molecular complexity index is 736. The van der Waals surface area contributed by atoms with Gasteiger partial charge in [0, 0.05) is 19.9 Å². The van der Waals surface area contributed by atoms with Crippen LogP contribution in [0.3, 0.4) is 0 Å². The van der Waals surface area contributed by atoms with E-state index in [1.54, 1.807) is 14.2 Å². The number of benzene rings is 1. The molecule has 0 bridgehead atoms. The molecule has 28 heavy (non-hydrogen) atoms. The average Bonchev–Trinajstić information content (AvgIpc) is 2.95. The molecule has 0 aliphatic heterocycles. The minimum atomic E-state index is -1.42. The Morgan fingerprint density at radius 1 is 0.964 bits per heavy atom. The minimum Gasteiger partial charge on any atom is -0.364 e. The van der Waals surface area contributed by atoms with Gasteiger partial charge >= 0.3 is 0 Å². The van der Waals surface area contributed by atoms with Crippen LogP contribution in [-0.2, 0) is 20.9 Å². The van der Waals surface area contributed by atoms with Gasteiger partial charge in [0.1, 0.15) is 13.5 Å².